The molecular weight excluding hydrogens is 182 g/mol. The van der Waals surface area contributed by atoms with Crippen LogP contribution in [0.4, 0.5) is 11.4 Å². The fourth-order valence-electron chi connectivity index (χ4n) is 1.14. The van der Waals surface area contributed by atoms with Crippen LogP contribution in [0.5, 0.6) is 5.88 Å². The van der Waals surface area contributed by atoms with E-state index < -0.39 is 0 Å². The van der Waals surface area contributed by atoms with Crippen LogP contribution in [-0.4, -0.2) is 23.8 Å². The number of aliphatic hydroxyl groups excluding tert-OH is 1. The second-order valence-electron chi connectivity index (χ2n) is 3.14. The van der Waals surface area contributed by atoms with Gasteiger partial charge in [-0.1, -0.05) is 6.92 Å². The number of ether oxygens (including phenoxy) is 1. The van der Waals surface area contributed by atoms with Gasteiger partial charge in [-0.25, -0.2) is 4.98 Å². The molecule has 5 heteroatoms. The first-order chi connectivity index (χ1) is 6.60. The monoisotopic (exact) mass is 197 g/mol. The van der Waals surface area contributed by atoms with Crippen molar-refractivity contribution in [2.45, 2.75) is 12.8 Å². The highest BCUT2D eigenvalue weighted by Gasteiger charge is 2.13. The van der Waals surface area contributed by atoms with E-state index >= 15 is 0 Å². The Balaban J connectivity index is 3.20. The van der Waals surface area contributed by atoms with Crippen molar-refractivity contribution in [3.05, 3.63) is 11.8 Å². The van der Waals surface area contributed by atoms with Crippen LogP contribution in [0.15, 0.2) is 6.07 Å². The number of methoxy groups -OCH3 is 1. The lowest BCUT2D eigenvalue weighted by Gasteiger charge is -2.13. The molecule has 5 nitrogen and oxygen atoms in total. The van der Waals surface area contributed by atoms with E-state index in [4.69, 9.17) is 21.3 Å². The average Bonchev–Trinajstić information content (AvgIpc) is 2.20. The lowest BCUT2D eigenvalue weighted by atomic mass is 10.1. The molecule has 0 saturated carbocycles. The van der Waals surface area contributed by atoms with E-state index in [1.807, 2.05) is 6.92 Å². The minimum Gasteiger partial charge on any atom is -0.481 e. The van der Waals surface area contributed by atoms with Crippen molar-refractivity contribution >= 4 is 11.4 Å². The molecule has 5 N–H and O–H groups in total. The minimum absolute atomic E-state index is 0.0240. The highest BCUT2D eigenvalue weighted by Crippen LogP contribution is 2.28. The van der Waals surface area contributed by atoms with Crippen LogP contribution in [0.1, 0.15) is 18.5 Å². The van der Waals surface area contributed by atoms with Gasteiger partial charge in [0.15, 0.2) is 0 Å². The summed E-state index contributed by atoms with van der Waals surface area (Å²) in [5.74, 6) is 0.263. The van der Waals surface area contributed by atoms with Crippen molar-refractivity contribution in [3.8, 4) is 5.88 Å². The molecule has 0 aliphatic heterocycles. The zero-order chi connectivity index (χ0) is 10.7. The van der Waals surface area contributed by atoms with Crippen LogP contribution in [0, 0.1) is 0 Å². The van der Waals surface area contributed by atoms with E-state index in [0.29, 0.717) is 22.9 Å². The molecule has 0 spiro atoms. The largest absolute Gasteiger partial charge is 0.481 e. The third-order valence-electron chi connectivity index (χ3n) is 2.05. The molecule has 1 atom stereocenters. The lowest BCUT2D eigenvalue weighted by molar-refractivity contribution is 0.270. The lowest BCUT2D eigenvalue weighted by Crippen LogP contribution is -2.09. The third-order valence-corrected chi connectivity index (χ3v) is 2.05. The van der Waals surface area contributed by atoms with Gasteiger partial charge >= 0.3 is 0 Å². The summed E-state index contributed by atoms with van der Waals surface area (Å²) in [6.07, 6.45) is 0. The molecule has 78 valence electrons. The maximum absolute atomic E-state index is 8.99. The number of nitrogens with zero attached hydrogens (tertiary/aromatic N) is 1. The zero-order valence-electron chi connectivity index (χ0n) is 8.32. The van der Waals surface area contributed by atoms with Gasteiger partial charge in [0.05, 0.1) is 30.8 Å². The molecular formula is C9H15N3O2. The molecule has 0 aromatic carbocycles. The van der Waals surface area contributed by atoms with Gasteiger partial charge in [0.2, 0.25) is 5.88 Å². The van der Waals surface area contributed by atoms with E-state index in [-0.39, 0.29) is 12.5 Å². The Labute approximate surface area is 82.7 Å². The molecule has 1 rings (SSSR count). The number of anilines is 2. The second-order valence-corrected chi connectivity index (χ2v) is 3.14. The molecule has 0 saturated heterocycles. The molecule has 14 heavy (non-hydrogen) atoms. The fourth-order valence-corrected chi connectivity index (χ4v) is 1.14. The highest BCUT2D eigenvalue weighted by molar-refractivity contribution is 5.67. The SMILES string of the molecule is COc1cc(N)c(N)c(C(C)CO)n1. The van der Waals surface area contributed by atoms with Crippen LogP contribution in [0.3, 0.4) is 0 Å². The molecule has 1 heterocycles. The summed E-state index contributed by atoms with van der Waals surface area (Å²) >= 11 is 0. The summed E-state index contributed by atoms with van der Waals surface area (Å²) in [4.78, 5) is 4.14. The van der Waals surface area contributed by atoms with Gasteiger partial charge in [-0.05, 0) is 0 Å². The smallest absolute Gasteiger partial charge is 0.215 e. The summed E-state index contributed by atoms with van der Waals surface area (Å²) < 4.78 is 4.96. The van der Waals surface area contributed by atoms with Gasteiger partial charge in [-0.15, -0.1) is 0 Å². The van der Waals surface area contributed by atoms with E-state index in [1.54, 1.807) is 6.07 Å². The van der Waals surface area contributed by atoms with Crippen LogP contribution < -0.4 is 16.2 Å². The normalized spacial score (nSPS) is 12.5. The van der Waals surface area contributed by atoms with Gasteiger partial charge in [0.1, 0.15) is 0 Å². The van der Waals surface area contributed by atoms with E-state index in [2.05, 4.69) is 4.98 Å². The van der Waals surface area contributed by atoms with E-state index in [1.165, 1.54) is 7.11 Å². The topological polar surface area (TPSA) is 94.4 Å². The first-order valence-corrected chi connectivity index (χ1v) is 4.30. The van der Waals surface area contributed by atoms with Crippen LogP contribution >= 0.6 is 0 Å². The summed E-state index contributed by atoms with van der Waals surface area (Å²) in [5, 5.41) is 8.99. The van der Waals surface area contributed by atoms with Gasteiger partial charge in [0.25, 0.3) is 0 Å². The molecule has 0 radical (unpaired) electrons. The van der Waals surface area contributed by atoms with Crippen molar-refractivity contribution in [2.24, 2.45) is 0 Å². The Kier molecular flexibility index (Phi) is 3.14. The standard InChI is InChI=1S/C9H15N3O2/c1-5(4-13)9-8(11)6(10)3-7(12-9)14-2/h3,5,13H,4,11H2,1-2H3,(H2,10,12). The van der Waals surface area contributed by atoms with E-state index in [0.717, 1.165) is 0 Å². The van der Waals surface area contributed by atoms with Gasteiger partial charge in [-0.3, -0.25) is 0 Å². The number of nitrogens with two attached hydrogens (primary N) is 2. The van der Waals surface area contributed by atoms with Crippen molar-refractivity contribution in [3.63, 3.8) is 0 Å². The van der Waals surface area contributed by atoms with Crippen molar-refractivity contribution < 1.29 is 9.84 Å². The summed E-state index contributed by atoms with van der Waals surface area (Å²) in [6, 6.07) is 1.56. The molecule has 0 amide bonds. The molecule has 0 bridgehead atoms. The quantitative estimate of drug-likeness (QED) is 0.650. The maximum atomic E-state index is 8.99. The van der Waals surface area contributed by atoms with Gasteiger partial charge in [0, 0.05) is 12.0 Å². The number of rotatable bonds is 3. The van der Waals surface area contributed by atoms with Crippen LogP contribution in [0.25, 0.3) is 0 Å². The minimum atomic E-state index is -0.146. The highest BCUT2D eigenvalue weighted by atomic mass is 16.5. The summed E-state index contributed by atoms with van der Waals surface area (Å²) in [6.45, 7) is 1.79. The van der Waals surface area contributed by atoms with Crippen LogP contribution in [-0.2, 0) is 0 Å². The number of aromatic nitrogens is 1. The number of pyridine rings is 1. The Morgan fingerprint density at radius 3 is 2.71 bits per heavy atom. The van der Waals surface area contributed by atoms with Gasteiger partial charge in [-0.2, -0.15) is 0 Å². The number of hydrogen-bond acceptors (Lipinski definition) is 5. The third kappa shape index (κ3) is 1.88. The Morgan fingerprint density at radius 1 is 1.57 bits per heavy atom. The Hall–Kier alpha value is -1.49. The zero-order valence-corrected chi connectivity index (χ0v) is 8.32. The molecule has 1 unspecified atom stereocenters. The first-order valence-electron chi connectivity index (χ1n) is 4.30. The van der Waals surface area contributed by atoms with E-state index in [9.17, 15) is 0 Å². The molecule has 1 aromatic rings. The summed E-state index contributed by atoms with van der Waals surface area (Å²) in [5.41, 5.74) is 12.8. The number of hydrogen-bond donors (Lipinski definition) is 3. The Morgan fingerprint density at radius 2 is 2.21 bits per heavy atom. The number of nitrogen functional groups attached to an aromatic ring is 2. The molecule has 0 fully saturated rings. The molecule has 1 aromatic heterocycles. The Bertz CT molecular complexity index is 328. The van der Waals surface area contributed by atoms with Crippen molar-refractivity contribution in [1.29, 1.82) is 0 Å². The van der Waals surface area contributed by atoms with Crippen molar-refractivity contribution in [1.82, 2.24) is 4.98 Å². The first kappa shape index (κ1) is 10.6. The molecule has 0 aliphatic rings. The number of aliphatic hydroxyl groups is 1. The predicted octanol–water partition coefficient (Wildman–Crippen LogP) is 0.350. The van der Waals surface area contributed by atoms with Gasteiger partial charge < -0.3 is 21.3 Å². The molecule has 0 aliphatic carbocycles. The average molecular weight is 197 g/mol. The maximum Gasteiger partial charge on any atom is 0.215 e. The summed E-state index contributed by atoms with van der Waals surface area (Å²) in [7, 11) is 1.51. The predicted molar refractivity (Wildman–Crippen MR) is 55.1 cm³/mol. The second kappa shape index (κ2) is 4.15. The fraction of sp³-hybridized carbons (Fsp3) is 0.444. The van der Waals surface area contributed by atoms with Crippen molar-refractivity contribution in [2.75, 3.05) is 25.2 Å². The van der Waals surface area contributed by atoms with Crippen LogP contribution in [0.2, 0.25) is 0 Å².